The van der Waals surface area contributed by atoms with Crippen LogP contribution in [0.5, 0.6) is 11.5 Å². The minimum atomic E-state index is -0.721. The highest BCUT2D eigenvalue weighted by Gasteiger charge is 2.20. The van der Waals surface area contributed by atoms with Gasteiger partial charge in [-0.2, -0.15) is 5.10 Å². The highest BCUT2D eigenvalue weighted by atomic mass is 16.6. The average Bonchev–Trinajstić information content (AvgIpc) is 2.69. The number of hydrogen-bond donors (Lipinski definition) is 2. The largest absolute Gasteiger partial charge is 0.500 e. The second-order valence-corrected chi connectivity index (χ2v) is 6.30. The van der Waals surface area contributed by atoms with Crippen LogP contribution in [0, 0.1) is 10.1 Å². The normalized spacial score (nSPS) is 13.2. The Hall–Kier alpha value is -3.62. The molecule has 1 amide bonds. The number of carbonyl (C=O) groups is 1. The van der Waals surface area contributed by atoms with Gasteiger partial charge in [-0.3, -0.25) is 14.9 Å². The van der Waals surface area contributed by atoms with Crippen LogP contribution < -0.4 is 15.1 Å². The number of aromatic hydroxyl groups is 1. The molecular formula is C19H20N4O5. The molecule has 0 saturated heterocycles. The number of nitro groups is 1. The number of fused-ring (bicyclic) bond motifs is 1. The number of nitro benzene ring substituents is 1. The van der Waals surface area contributed by atoms with E-state index in [1.807, 2.05) is 23.1 Å². The van der Waals surface area contributed by atoms with Gasteiger partial charge in [0.2, 0.25) is 5.75 Å². The second kappa shape index (κ2) is 8.38. The lowest BCUT2D eigenvalue weighted by molar-refractivity contribution is -0.386. The van der Waals surface area contributed by atoms with E-state index in [1.165, 1.54) is 25.0 Å². The number of ether oxygens (including phenoxy) is 1. The molecule has 0 unspecified atom stereocenters. The third-order valence-electron chi connectivity index (χ3n) is 4.44. The molecule has 0 radical (unpaired) electrons. The zero-order valence-electron chi connectivity index (χ0n) is 15.3. The number of anilines is 1. The van der Waals surface area contributed by atoms with E-state index < -0.39 is 16.4 Å². The molecule has 1 aliphatic rings. The van der Waals surface area contributed by atoms with Crippen LogP contribution in [0.3, 0.4) is 0 Å². The highest BCUT2D eigenvalue weighted by molar-refractivity contribution is 5.86. The van der Waals surface area contributed by atoms with E-state index in [2.05, 4.69) is 16.6 Å². The number of carbonyl (C=O) groups excluding carboxylic acids is 1. The third-order valence-corrected chi connectivity index (χ3v) is 4.44. The molecule has 0 aromatic heterocycles. The van der Waals surface area contributed by atoms with Gasteiger partial charge in [0.15, 0.2) is 5.75 Å². The fourth-order valence-corrected chi connectivity index (χ4v) is 3.15. The highest BCUT2D eigenvalue weighted by Crippen LogP contribution is 2.36. The molecule has 1 heterocycles. The first-order valence-corrected chi connectivity index (χ1v) is 8.69. The van der Waals surface area contributed by atoms with E-state index in [-0.39, 0.29) is 18.2 Å². The molecule has 3 rings (SSSR count). The fraction of sp³-hybridized carbons (Fsp3) is 0.263. The summed E-state index contributed by atoms with van der Waals surface area (Å²) in [6.45, 7) is 0.947. The van der Waals surface area contributed by atoms with E-state index in [1.54, 1.807) is 0 Å². The Morgan fingerprint density at radius 2 is 2.21 bits per heavy atom. The minimum Gasteiger partial charge on any atom is -0.500 e. The number of phenols is 1. The number of hydrazone groups is 1. The Morgan fingerprint density at radius 1 is 1.43 bits per heavy atom. The minimum absolute atomic E-state index is 0.0492. The quantitative estimate of drug-likeness (QED) is 0.448. The summed E-state index contributed by atoms with van der Waals surface area (Å²) >= 11 is 0. The molecule has 28 heavy (non-hydrogen) atoms. The van der Waals surface area contributed by atoms with E-state index in [4.69, 9.17) is 4.74 Å². The summed E-state index contributed by atoms with van der Waals surface area (Å²) < 4.78 is 4.93. The van der Waals surface area contributed by atoms with E-state index in [9.17, 15) is 20.0 Å². The van der Waals surface area contributed by atoms with Gasteiger partial charge in [0.1, 0.15) is 0 Å². The molecule has 2 aromatic carbocycles. The molecule has 146 valence electrons. The molecular weight excluding hydrogens is 364 g/mol. The Bertz CT molecular complexity index is 929. The van der Waals surface area contributed by atoms with Gasteiger partial charge in [-0.25, -0.2) is 5.43 Å². The summed E-state index contributed by atoms with van der Waals surface area (Å²) in [7, 11) is 1.29. The summed E-state index contributed by atoms with van der Waals surface area (Å²) in [6, 6.07) is 10.5. The third kappa shape index (κ3) is 4.20. The summed E-state index contributed by atoms with van der Waals surface area (Å²) in [5, 5.41) is 24.6. The maximum atomic E-state index is 12.2. The lowest BCUT2D eigenvalue weighted by Crippen LogP contribution is -2.38. The van der Waals surface area contributed by atoms with Crippen LogP contribution >= 0.6 is 0 Å². The van der Waals surface area contributed by atoms with E-state index in [0.29, 0.717) is 5.56 Å². The lowest BCUT2D eigenvalue weighted by atomic mass is 10.0. The van der Waals surface area contributed by atoms with Crippen molar-refractivity contribution in [3.05, 3.63) is 57.6 Å². The van der Waals surface area contributed by atoms with Gasteiger partial charge in [0.25, 0.3) is 5.91 Å². The van der Waals surface area contributed by atoms with Crippen LogP contribution in [0.1, 0.15) is 17.5 Å². The van der Waals surface area contributed by atoms with Crippen molar-refractivity contribution in [3.8, 4) is 11.5 Å². The standard InChI is InChI=1S/C19H20N4O5/c1-28-17-10-13(9-16(19(17)25)23(26)27)11-20-21-18(24)12-22-8-4-6-14-5-2-3-7-15(14)22/h2-3,5,7,9-11,25H,4,6,8,12H2,1H3,(H,21,24)/b20-11+. The maximum Gasteiger partial charge on any atom is 0.315 e. The summed E-state index contributed by atoms with van der Waals surface area (Å²) in [5.74, 6) is -0.905. The molecule has 0 atom stereocenters. The van der Waals surface area contributed by atoms with Crippen molar-refractivity contribution in [2.75, 3.05) is 25.1 Å². The first-order valence-electron chi connectivity index (χ1n) is 8.69. The molecule has 0 aliphatic carbocycles. The number of rotatable bonds is 6. The summed E-state index contributed by atoms with van der Waals surface area (Å²) in [4.78, 5) is 24.5. The zero-order chi connectivity index (χ0) is 20.1. The first-order chi connectivity index (χ1) is 13.5. The zero-order valence-corrected chi connectivity index (χ0v) is 15.3. The number of nitrogens with zero attached hydrogens (tertiary/aromatic N) is 3. The van der Waals surface area contributed by atoms with Crippen LogP contribution in [0.25, 0.3) is 0 Å². The van der Waals surface area contributed by atoms with Crippen molar-refractivity contribution in [2.24, 2.45) is 5.10 Å². The number of nitrogens with one attached hydrogen (secondary N) is 1. The molecule has 0 bridgehead atoms. The number of phenolic OH excluding ortho intramolecular Hbond substituents is 1. The van der Waals surface area contributed by atoms with Gasteiger partial charge in [-0.1, -0.05) is 18.2 Å². The summed E-state index contributed by atoms with van der Waals surface area (Å²) in [5.41, 5.74) is 4.50. The van der Waals surface area contributed by atoms with Crippen molar-refractivity contribution < 1.29 is 19.6 Å². The Labute approximate surface area is 161 Å². The number of hydrogen-bond acceptors (Lipinski definition) is 7. The second-order valence-electron chi connectivity index (χ2n) is 6.30. The molecule has 9 heteroatoms. The van der Waals surface area contributed by atoms with Crippen molar-refractivity contribution >= 4 is 23.5 Å². The molecule has 0 spiro atoms. The van der Waals surface area contributed by atoms with Crippen LogP contribution in [0.4, 0.5) is 11.4 Å². The van der Waals surface area contributed by atoms with Crippen molar-refractivity contribution in [1.29, 1.82) is 0 Å². The SMILES string of the molecule is COc1cc(/C=N/NC(=O)CN2CCCc3ccccc32)cc([N+](=O)[O-])c1O. The smallest absolute Gasteiger partial charge is 0.315 e. The van der Waals surface area contributed by atoms with Gasteiger partial charge in [0, 0.05) is 23.9 Å². The molecule has 2 N–H and O–H groups in total. The molecule has 0 saturated carbocycles. The number of benzene rings is 2. The lowest BCUT2D eigenvalue weighted by Gasteiger charge is -2.30. The molecule has 0 fully saturated rings. The van der Waals surface area contributed by atoms with E-state index in [0.717, 1.165) is 31.1 Å². The van der Waals surface area contributed by atoms with Gasteiger partial charge in [-0.05, 0) is 30.5 Å². The van der Waals surface area contributed by atoms with E-state index >= 15 is 0 Å². The van der Waals surface area contributed by atoms with Gasteiger partial charge in [0.05, 0.1) is 24.8 Å². The van der Waals surface area contributed by atoms with Crippen LogP contribution in [0.2, 0.25) is 0 Å². The predicted octanol–water partition coefficient (Wildman–Crippen LogP) is 2.21. The predicted molar refractivity (Wildman–Crippen MR) is 104 cm³/mol. The first kappa shape index (κ1) is 19.2. The summed E-state index contributed by atoms with van der Waals surface area (Å²) in [6.07, 6.45) is 3.23. The van der Waals surface area contributed by atoms with Gasteiger partial charge >= 0.3 is 5.69 Å². The van der Waals surface area contributed by atoms with Crippen LogP contribution in [-0.2, 0) is 11.2 Å². The monoisotopic (exact) mass is 384 g/mol. The molecule has 9 nitrogen and oxygen atoms in total. The van der Waals surface area contributed by atoms with Gasteiger partial charge < -0.3 is 14.7 Å². The van der Waals surface area contributed by atoms with Gasteiger partial charge in [-0.15, -0.1) is 0 Å². The van der Waals surface area contributed by atoms with Crippen molar-refractivity contribution in [2.45, 2.75) is 12.8 Å². The number of para-hydroxylation sites is 1. The Morgan fingerprint density at radius 3 is 2.96 bits per heavy atom. The molecule has 2 aromatic rings. The van der Waals surface area contributed by atoms with Crippen molar-refractivity contribution in [3.63, 3.8) is 0 Å². The Balaban J connectivity index is 1.66. The van der Waals surface area contributed by atoms with Crippen LogP contribution in [0.15, 0.2) is 41.5 Å². The number of aryl methyl sites for hydroxylation is 1. The number of amides is 1. The number of methoxy groups -OCH3 is 1. The average molecular weight is 384 g/mol. The van der Waals surface area contributed by atoms with Crippen molar-refractivity contribution in [1.82, 2.24) is 5.43 Å². The topological polar surface area (TPSA) is 117 Å². The molecule has 1 aliphatic heterocycles. The Kier molecular flexibility index (Phi) is 5.73. The maximum absolute atomic E-state index is 12.2. The van der Waals surface area contributed by atoms with Crippen LogP contribution in [-0.4, -0.2) is 42.4 Å². The fourth-order valence-electron chi connectivity index (χ4n) is 3.15.